The Labute approximate surface area is 160 Å². The highest BCUT2D eigenvalue weighted by Crippen LogP contribution is 2.19. The van der Waals surface area contributed by atoms with Crippen molar-refractivity contribution >= 4 is 34.2 Å². The number of rotatable bonds is 7. The Balaban J connectivity index is 1.43. The van der Waals surface area contributed by atoms with E-state index >= 15 is 0 Å². The maximum atomic E-state index is 12.2. The number of carbonyl (C=O) groups is 3. The standard InChI is InChI=1S/C18H21N5O3S/c24-15(21-10-12-3-1-7-19-9-12)6-5-13-11-27-18(22-13)23-17(26)14-4-2-8-20-16(14)25/h1,3,7,9,11,14H,2,4-6,8,10H2,(H,20,25)(H,21,24)(H,22,23,26). The molecule has 1 unspecified atom stereocenters. The molecule has 3 heterocycles. The van der Waals surface area contributed by atoms with Crippen molar-refractivity contribution in [2.45, 2.75) is 32.2 Å². The van der Waals surface area contributed by atoms with Crippen LogP contribution in [0, 0.1) is 5.92 Å². The van der Waals surface area contributed by atoms with E-state index in [0.29, 0.717) is 37.5 Å². The number of carbonyl (C=O) groups excluding carboxylic acids is 3. The Morgan fingerprint density at radius 3 is 3.04 bits per heavy atom. The van der Waals surface area contributed by atoms with Crippen molar-refractivity contribution in [1.29, 1.82) is 0 Å². The van der Waals surface area contributed by atoms with Gasteiger partial charge in [-0.05, 0) is 30.9 Å². The van der Waals surface area contributed by atoms with Gasteiger partial charge in [-0.25, -0.2) is 4.98 Å². The van der Waals surface area contributed by atoms with Gasteiger partial charge in [-0.3, -0.25) is 19.4 Å². The lowest BCUT2D eigenvalue weighted by molar-refractivity contribution is -0.134. The number of aromatic nitrogens is 2. The summed E-state index contributed by atoms with van der Waals surface area (Å²) in [7, 11) is 0. The molecule has 1 aliphatic heterocycles. The first-order valence-corrected chi connectivity index (χ1v) is 9.68. The number of hydrogen-bond acceptors (Lipinski definition) is 6. The number of nitrogens with zero attached hydrogens (tertiary/aromatic N) is 2. The molecule has 0 aliphatic carbocycles. The van der Waals surface area contributed by atoms with E-state index in [9.17, 15) is 14.4 Å². The Bertz CT molecular complexity index is 808. The molecule has 1 atom stereocenters. The van der Waals surface area contributed by atoms with Gasteiger partial charge < -0.3 is 16.0 Å². The van der Waals surface area contributed by atoms with Gasteiger partial charge in [0.05, 0.1) is 5.69 Å². The molecule has 8 nitrogen and oxygen atoms in total. The molecule has 1 fully saturated rings. The smallest absolute Gasteiger partial charge is 0.238 e. The molecular weight excluding hydrogens is 366 g/mol. The third kappa shape index (κ3) is 5.58. The zero-order valence-corrected chi connectivity index (χ0v) is 15.6. The van der Waals surface area contributed by atoms with E-state index in [0.717, 1.165) is 17.7 Å². The van der Waals surface area contributed by atoms with E-state index in [2.05, 4.69) is 25.9 Å². The topological polar surface area (TPSA) is 113 Å². The van der Waals surface area contributed by atoms with Gasteiger partial charge in [-0.1, -0.05) is 6.07 Å². The van der Waals surface area contributed by atoms with E-state index in [-0.39, 0.29) is 17.7 Å². The average Bonchev–Trinajstić information content (AvgIpc) is 3.13. The van der Waals surface area contributed by atoms with Crippen LogP contribution < -0.4 is 16.0 Å². The maximum absolute atomic E-state index is 12.2. The summed E-state index contributed by atoms with van der Waals surface area (Å²) < 4.78 is 0. The largest absolute Gasteiger partial charge is 0.355 e. The van der Waals surface area contributed by atoms with Gasteiger partial charge in [-0.2, -0.15) is 0 Å². The first-order valence-electron chi connectivity index (χ1n) is 8.80. The van der Waals surface area contributed by atoms with Gasteiger partial charge in [0.2, 0.25) is 17.7 Å². The molecule has 3 rings (SSSR count). The third-order valence-electron chi connectivity index (χ3n) is 4.20. The van der Waals surface area contributed by atoms with E-state index in [4.69, 9.17) is 0 Å². The molecule has 0 saturated carbocycles. The molecule has 142 valence electrons. The highest BCUT2D eigenvalue weighted by molar-refractivity contribution is 7.13. The summed E-state index contributed by atoms with van der Waals surface area (Å²) in [6.07, 6.45) is 5.53. The second kappa shape index (κ2) is 9.22. The number of piperidine rings is 1. The van der Waals surface area contributed by atoms with Crippen LogP contribution in [0.15, 0.2) is 29.9 Å². The number of aryl methyl sites for hydroxylation is 1. The molecule has 0 aromatic carbocycles. The lowest BCUT2D eigenvalue weighted by Gasteiger charge is -2.20. The lowest BCUT2D eigenvalue weighted by Crippen LogP contribution is -2.42. The van der Waals surface area contributed by atoms with Crippen molar-refractivity contribution in [3.05, 3.63) is 41.2 Å². The minimum atomic E-state index is -0.663. The van der Waals surface area contributed by atoms with Crippen molar-refractivity contribution in [2.75, 3.05) is 11.9 Å². The van der Waals surface area contributed by atoms with Gasteiger partial charge in [0.1, 0.15) is 5.92 Å². The molecule has 1 saturated heterocycles. The Morgan fingerprint density at radius 2 is 2.26 bits per heavy atom. The molecule has 27 heavy (non-hydrogen) atoms. The molecular formula is C18H21N5O3S. The monoisotopic (exact) mass is 387 g/mol. The van der Waals surface area contributed by atoms with Gasteiger partial charge in [0.15, 0.2) is 5.13 Å². The Morgan fingerprint density at radius 1 is 1.37 bits per heavy atom. The van der Waals surface area contributed by atoms with Crippen molar-refractivity contribution in [1.82, 2.24) is 20.6 Å². The van der Waals surface area contributed by atoms with Gasteiger partial charge in [0, 0.05) is 37.3 Å². The summed E-state index contributed by atoms with van der Waals surface area (Å²) in [5, 5.41) is 10.5. The Kier molecular flexibility index (Phi) is 6.48. The highest BCUT2D eigenvalue weighted by Gasteiger charge is 2.29. The summed E-state index contributed by atoms with van der Waals surface area (Å²) in [6.45, 7) is 1.06. The molecule has 9 heteroatoms. The number of thiazole rings is 1. The molecule has 2 aromatic rings. The van der Waals surface area contributed by atoms with E-state index in [1.54, 1.807) is 12.4 Å². The van der Waals surface area contributed by atoms with Crippen LogP contribution in [0.2, 0.25) is 0 Å². The number of pyridine rings is 1. The molecule has 3 amide bonds. The van der Waals surface area contributed by atoms with Gasteiger partial charge in [0.25, 0.3) is 0 Å². The molecule has 0 radical (unpaired) electrons. The number of amides is 3. The second-order valence-corrected chi connectivity index (χ2v) is 7.12. The summed E-state index contributed by atoms with van der Waals surface area (Å²) >= 11 is 1.29. The molecule has 2 aromatic heterocycles. The summed E-state index contributed by atoms with van der Waals surface area (Å²) in [5.41, 5.74) is 1.68. The zero-order chi connectivity index (χ0) is 19.1. The van der Waals surface area contributed by atoms with Crippen LogP contribution in [-0.2, 0) is 27.3 Å². The Hall–Kier alpha value is -2.81. The normalized spacial score (nSPS) is 16.4. The fourth-order valence-corrected chi connectivity index (χ4v) is 3.47. The fraction of sp³-hybridized carbons (Fsp3) is 0.389. The van der Waals surface area contributed by atoms with Crippen LogP contribution >= 0.6 is 11.3 Å². The van der Waals surface area contributed by atoms with Gasteiger partial charge >= 0.3 is 0 Å². The number of hydrogen-bond donors (Lipinski definition) is 3. The summed E-state index contributed by atoms with van der Waals surface area (Å²) in [6, 6.07) is 3.72. The average molecular weight is 387 g/mol. The van der Waals surface area contributed by atoms with Crippen LogP contribution in [0.3, 0.4) is 0 Å². The SMILES string of the molecule is O=C(CCc1csc(NC(=O)C2CCCNC2=O)n1)NCc1cccnc1. The molecule has 0 spiro atoms. The van der Waals surface area contributed by atoms with Crippen LogP contribution in [0.4, 0.5) is 5.13 Å². The summed E-state index contributed by atoms with van der Waals surface area (Å²) in [5.74, 6) is -1.30. The molecule has 3 N–H and O–H groups in total. The van der Waals surface area contributed by atoms with Crippen LogP contribution in [0.1, 0.15) is 30.5 Å². The van der Waals surface area contributed by atoms with Crippen molar-refractivity contribution < 1.29 is 14.4 Å². The fourth-order valence-electron chi connectivity index (χ4n) is 2.73. The van der Waals surface area contributed by atoms with E-state index in [1.807, 2.05) is 17.5 Å². The zero-order valence-electron chi connectivity index (χ0n) is 14.7. The van der Waals surface area contributed by atoms with Crippen LogP contribution in [-0.4, -0.2) is 34.2 Å². The number of anilines is 1. The van der Waals surface area contributed by atoms with Crippen LogP contribution in [0.25, 0.3) is 0 Å². The van der Waals surface area contributed by atoms with Crippen molar-refractivity contribution in [3.8, 4) is 0 Å². The number of nitrogens with one attached hydrogen (secondary N) is 3. The van der Waals surface area contributed by atoms with Crippen molar-refractivity contribution in [2.24, 2.45) is 5.92 Å². The highest BCUT2D eigenvalue weighted by atomic mass is 32.1. The molecule has 0 bridgehead atoms. The summed E-state index contributed by atoms with van der Waals surface area (Å²) in [4.78, 5) is 44.2. The predicted molar refractivity (Wildman–Crippen MR) is 101 cm³/mol. The third-order valence-corrected chi connectivity index (χ3v) is 5.01. The van der Waals surface area contributed by atoms with Gasteiger partial charge in [-0.15, -0.1) is 11.3 Å². The predicted octanol–water partition coefficient (Wildman–Crippen LogP) is 1.25. The van der Waals surface area contributed by atoms with E-state index in [1.165, 1.54) is 11.3 Å². The van der Waals surface area contributed by atoms with Crippen molar-refractivity contribution in [3.63, 3.8) is 0 Å². The first-order chi connectivity index (χ1) is 13.1. The minimum Gasteiger partial charge on any atom is -0.355 e. The van der Waals surface area contributed by atoms with Crippen LogP contribution in [0.5, 0.6) is 0 Å². The molecule has 1 aliphatic rings. The van der Waals surface area contributed by atoms with E-state index < -0.39 is 5.92 Å². The quantitative estimate of drug-likeness (QED) is 0.619. The first kappa shape index (κ1) is 19.0. The maximum Gasteiger partial charge on any atom is 0.238 e. The lowest BCUT2D eigenvalue weighted by atomic mass is 9.98. The second-order valence-electron chi connectivity index (χ2n) is 6.26. The minimum absolute atomic E-state index is 0.0729.